The summed E-state index contributed by atoms with van der Waals surface area (Å²) < 4.78 is 0. The highest BCUT2D eigenvalue weighted by Gasteiger charge is 2.49. The average molecular weight is 384 g/mol. The van der Waals surface area contributed by atoms with Crippen LogP contribution in [0.25, 0.3) is 0 Å². The van der Waals surface area contributed by atoms with Gasteiger partial charge >= 0.3 is 0 Å². The number of nitrogens with two attached hydrogens (primary N) is 2. The van der Waals surface area contributed by atoms with Crippen molar-refractivity contribution in [3.8, 4) is 0 Å². The predicted molar refractivity (Wildman–Crippen MR) is 109 cm³/mol. The van der Waals surface area contributed by atoms with Gasteiger partial charge < -0.3 is 16.8 Å². The Morgan fingerprint density at radius 2 is 1.58 bits per heavy atom. The minimum absolute atomic E-state index is 0. The molecule has 1 aromatic carbocycles. The van der Waals surface area contributed by atoms with E-state index in [4.69, 9.17) is 11.5 Å². The van der Waals surface area contributed by atoms with Gasteiger partial charge in [0.1, 0.15) is 0 Å². The Balaban J connectivity index is 0.00000625. The molecule has 148 valence electrons. The molecule has 0 aliphatic rings. The second kappa shape index (κ2) is 9.38. The van der Waals surface area contributed by atoms with Crippen LogP contribution < -0.4 is 16.8 Å². The lowest BCUT2D eigenvalue weighted by molar-refractivity contribution is -0.138. The van der Waals surface area contributed by atoms with Crippen LogP contribution >= 0.6 is 12.4 Å². The van der Waals surface area contributed by atoms with Gasteiger partial charge in [-0.25, -0.2) is 0 Å². The summed E-state index contributed by atoms with van der Waals surface area (Å²) in [7, 11) is 0. The van der Waals surface area contributed by atoms with E-state index in [2.05, 4.69) is 5.32 Å². The molecule has 2 amide bonds. The molecule has 26 heavy (non-hydrogen) atoms. The Morgan fingerprint density at radius 3 is 1.96 bits per heavy atom. The lowest BCUT2D eigenvalue weighted by Crippen LogP contribution is -2.51. The van der Waals surface area contributed by atoms with Gasteiger partial charge in [0, 0.05) is 0 Å². The van der Waals surface area contributed by atoms with Crippen LogP contribution in [0.1, 0.15) is 59.6 Å². The van der Waals surface area contributed by atoms with Gasteiger partial charge in [-0.3, -0.25) is 9.59 Å². The molecule has 0 heterocycles. The van der Waals surface area contributed by atoms with E-state index in [0.29, 0.717) is 6.42 Å². The van der Waals surface area contributed by atoms with Crippen molar-refractivity contribution in [3.63, 3.8) is 0 Å². The Morgan fingerprint density at radius 1 is 1.08 bits per heavy atom. The highest BCUT2D eigenvalue weighted by atomic mass is 35.5. The average Bonchev–Trinajstić information content (AvgIpc) is 2.53. The molecule has 1 rings (SSSR count). The molecule has 3 atom stereocenters. The first-order chi connectivity index (χ1) is 11.4. The minimum atomic E-state index is -0.709. The van der Waals surface area contributed by atoms with Gasteiger partial charge in [-0.15, -0.1) is 12.4 Å². The summed E-state index contributed by atoms with van der Waals surface area (Å²) in [6.07, 6.45) is 0.576. The summed E-state index contributed by atoms with van der Waals surface area (Å²) in [5.74, 6) is -0.464. The number of hydrogen-bond donors (Lipinski definition) is 3. The molecule has 0 spiro atoms. The zero-order chi connectivity index (χ0) is 19.4. The van der Waals surface area contributed by atoms with Gasteiger partial charge in [0.05, 0.1) is 17.5 Å². The Kier molecular flexibility index (Phi) is 8.80. The molecule has 0 aromatic heterocycles. The summed E-state index contributed by atoms with van der Waals surface area (Å²) in [6, 6.07) is 8.90. The van der Waals surface area contributed by atoms with Gasteiger partial charge in [0.25, 0.3) is 0 Å². The standard InChI is InChI=1S/C20H33N3O2.ClH/c1-13(2)20(6,18(22)25)19(4,5)12-16(23-17(24)14(3)21)15-10-8-7-9-11-15;/h7-11,13-14,16H,12,21H2,1-6H3,(H2,22,25)(H,23,24);1H/t14-,16+,20?;/m1./s1. The lowest BCUT2D eigenvalue weighted by Gasteiger charge is -2.46. The molecule has 5 nitrogen and oxygen atoms in total. The highest BCUT2D eigenvalue weighted by Crippen LogP contribution is 2.49. The molecular formula is C20H34ClN3O2. The van der Waals surface area contributed by atoms with Crippen molar-refractivity contribution >= 4 is 24.2 Å². The maximum atomic E-state index is 12.3. The first kappa shape index (κ1) is 24.4. The second-order valence-electron chi connectivity index (χ2n) is 8.07. The highest BCUT2D eigenvalue weighted by molar-refractivity contribution is 5.85. The van der Waals surface area contributed by atoms with Crippen LogP contribution in [0.2, 0.25) is 0 Å². The number of nitrogens with one attached hydrogen (secondary N) is 1. The van der Waals surface area contributed by atoms with E-state index < -0.39 is 16.9 Å². The van der Waals surface area contributed by atoms with E-state index in [1.54, 1.807) is 6.92 Å². The number of halogens is 1. The molecule has 1 unspecified atom stereocenters. The first-order valence-corrected chi connectivity index (χ1v) is 8.84. The van der Waals surface area contributed by atoms with Crippen LogP contribution in [0.4, 0.5) is 0 Å². The van der Waals surface area contributed by atoms with Crippen molar-refractivity contribution in [2.24, 2.45) is 28.2 Å². The molecule has 5 N–H and O–H groups in total. The van der Waals surface area contributed by atoms with Crippen LogP contribution in [-0.2, 0) is 9.59 Å². The van der Waals surface area contributed by atoms with Crippen LogP contribution in [0.15, 0.2) is 30.3 Å². The van der Waals surface area contributed by atoms with Gasteiger partial charge in [-0.2, -0.15) is 0 Å². The SMILES string of the molecule is CC(C)C(C)(C(N)=O)C(C)(C)C[C@H](NC(=O)[C@@H](C)N)c1ccccc1.Cl. The lowest BCUT2D eigenvalue weighted by atomic mass is 9.58. The zero-order valence-corrected chi connectivity index (χ0v) is 17.5. The molecule has 0 aliphatic heterocycles. The van der Waals surface area contributed by atoms with Crippen molar-refractivity contribution < 1.29 is 9.59 Å². The van der Waals surface area contributed by atoms with Crippen molar-refractivity contribution in [1.82, 2.24) is 5.32 Å². The largest absolute Gasteiger partial charge is 0.369 e. The van der Waals surface area contributed by atoms with Gasteiger partial charge in [0.15, 0.2) is 0 Å². The molecule has 6 heteroatoms. The fourth-order valence-electron chi connectivity index (χ4n) is 3.36. The van der Waals surface area contributed by atoms with Gasteiger partial charge in [-0.1, -0.05) is 65.0 Å². The fourth-order valence-corrected chi connectivity index (χ4v) is 3.36. The van der Waals surface area contributed by atoms with Crippen LogP contribution in [0.5, 0.6) is 0 Å². The summed E-state index contributed by atoms with van der Waals surface area (Å²) in [4.78, 5) is 24.5. The molecule has 0 fully saturated rings. The number of rotatable bonds is 8. The van der Waals surface area contributed by atoms with Crippen molar-refractivity contribution in [3.05, 3.63) is 35.9 Å². The number of primary amides is 1. The normalized spacial score (nSPS) is 16.2. The fraction of sp³-hybridized carbons (Fsp3) is 0.600. The Labute approximate surface area is 163 Å². The maximum Gasteiger partial charge on any atom is 0.237 e. The Hall–Kier alpha value is -1.59. The molecule has 0 saturated carbocycles. The van der Waals surface area contributed by atoms with Crippen LogP contribution in [0, 0.1) is 16.7 Å². The van der Waals surface area contributed by atoms with E-state index in [-0.39, 0.29) is 36.2 Å². The van der Waals surface area contributed by atoms with E-state index in [0.717, 1.165) is 5.56 Å². The summed E-state index contributed by atoms with van der Waals surface area (Å²) in [5, 5.41) is 3.02. The zero-order valence-electron chi connectivity index (χ0n) is 16.7. The third kappa shape index (κ3) is 5.21. The smallest absolute Gasteiger partial charge is 0.237 e. The summed E-state index contributed by atoms with van der Waals surface area (Å²) in [6.45, 7) is 11.6. The van der Waals surface area contributed by atoms with Crippen LogP contribution in [-0.4, -0.2) is 17.9 Å². The van der Waals surface area contributed by atoms with Gasteiger partial charge in [-0.05, 0) is 30.2 Å². The second-order valence-corrected chi connectivity index (χ2v) is 8.07. The number of hydrogen-bond acceptors (Lipinski definition) is 3. The molecule has 0 radical (unpaired) electrons. The predicted octanol–water partition coefficient (Wildman–Crippen LogP) is 3.18. The number of carbonyl (C=O) groups is 2. The molecule has 0 saturated heterocycles. The molecule has 0 bridgehead atoms. The maximum absolute atomic E-state index is 12.3. The van der Waals surface area contributed by atoms with Crippen molar-refractivity contribution in [2.45, 2.75) is 60.0 Å². The topological polar surface area (TPSA) is 98.2 Å². The number of carbonyl (C=O) groups excluding carboxylic acids is 2. The van der Waals surface area contributed by atoms with Gasteiger partial charge in [0.2, 0.25) is 11.8 Å². The molecule has 1 aromatic rings. The Bertz CT molecular complexity index is 602. The van der Waals surface area contributed by atoms with E-state index >= 15 is 0 Å². The minimum Gasteiger partial charge on any atom is -0.369 e. The molecular weight excluding hydrogens is 350 g/mol. The summed E-state index contributed by atoms with van der Waals surface area (Å²) >= 11 is 0. The monoisotopic (exact) mass is 383 g/mol. The quantitative estimate of drug-likeness (QED) is 0.642. The number of amides is 2. The third-order valence-corrected chi connectivity index (χ3v) is 5.72. The summed E-state index contributed by atoms with van der Waals surface area (Å²) in [5.41, 5.74) is 11.3. The van der Waals surface area contributed by atoms with Crippen molar-refractivity contribution in [2.75, 3.05) is 0 Å². The van der Waals surface area contributed by atoms with E-state index in [1.165, 1.54) is 0 Å². The third-order valence-electron chi connectivity index (χ3n) is 5.72. The van der Waals surface area contributed by atoms with E-state index in [1.807, 2.05) is 65.0 Å². The first-order valence-electron chi connectivity index (χ1n) is 8.84. The van der Waals surface area contributed by atoms with Crippen molar-refractivity contribution in [1.29, 1.82) is 0 Å². The molecule has 0 aliphatic carbocycles. The van der Waals surface area contributed by atoms with E-state index in [9.17, 15) is 9.59 Å². The number of benzene rings is 1. The van der Waals surface area contributed by atoms with Crippen LogP contribution in [0.3, 0.4) is 0 Å².